The third kappa shape index (κ3) is 1.47. The molecule has 1 heterocycles. The average molecular weight is 233 g/mol. The summed E-state index contributed by atoms with van der Waals surface area (Å²) in [4.78, 5) is 4.78. The van der Waals surface area contributed by atoms with Crippen molar-refractivity contribution in [1.82, 2.24) is 15.2 Å². The van der Waals surface area contributed by atoms with Crippen molar-refractivity contribution in [3.8, 4) is 0 Å². The number of aromatic nitrogens is 3. The maximum absolute atomic E-state index is 4.78. The minimum atomic E-state index is 0.347. The zero-order chi connectivity index (χ0) is 12.3. The second-order valence-corrected chi connectivity index (χ2v) is 6.94. The summed E-state index contributed by atoms with van der Waals surface area (Å²) >= 11 is 0. The molecule has 1 N–H and O–H groups in total. The molecule has 1 aromatic heterocycles. The molecule has 3 nitrogen and oxygen atoms in total. The fourth-order valence-corrected chi connectivity index (χ4v) is 3.66. The summed E-state index contributed by atoms with van der Waals surface area (Å²) in [5, 5.41) is 7.65. The Kier molecular flexibility index (Phi) is 2.20. The van der Waals surface area contributed by atoms with Crippen LogP contribution in [0.1, 0.15) is 76.9 Å². The number of rotatable bonds is 2. The molecular weight excluding hydrogens is 210 g/mol. The van der Waals surface area contributed by atoms with Crippen molar-refractivity contribution >= 4 is 0 Å². The van der Waals surface area contributed by atoms with Crippen LogP contribution in [0.3, 0.4) is 0 Å². The average Bonchev–Trinajstić information content (AvgIpc) is 2.75. The van der Waals surface area contributed by atoms with Gasteiger partial charge in [0.25, 0.3) is 0 Å². The second-order valence-electron chi connectivity index (χ2n) is 6.94. The van der Waals surface area contributed by atoms with Gasteiger partial charge in [-0.15, -0.1) is 0 Å². The van der Waals surface area contributed by atoms with E-state index < -0.39 is 0 Å². The lowest BCUT2D eigenvalue weighted by Gasteiger charge is -2.03. The Morgan fingerprint density at radius 3 is 2.18 bits per heavy atom. The maximum Gasteiger partial charge on any atom is 0.153 e. The van der Waals surface area contributed by atoms with Gasteiger partial charge in [-0.05, 0) is 23.7 Å². The van der Waals surface area contributed by atoms with Gasteiger partial charge in [-0.3, -0.25) is 5.10 Å². The van der Waals surface area contributed by atoms with Gasteiger partial charge in [0.05, 0.1) is 0 Å². The molecule has 0 spiro atoms. The van der Waals surface area contributed by atoms with Crippen LogP contribution in [-0.4, -0.2) is 15.2 Å². The summed E-state index contributed by atoms with van der Waals surface area (Å²) in [6.07, 6.45) is 5.23. The molecule has 0 amide bonds. The van der Waals surface area contributed by atoms with Crippen LogP contribution in [0.15, 0.2) is 0 Å². The number of hydrogen-bond acceptors (Lipinski definition) is 2. The van der Waals surface area contributed by atoms with Crippen LogP contribution in [0.25, 0.3) is 0 Å². The Bertz CT molecular complexity index is 410. The third-order valence-corrected chi connectivity index (χ3v) is 5.53. The van der Waals surface area contributed by atoms with Crippen LogP contribution < -0.4 is 0 Å². The molecule has 17 heavy (non-hydrogen) atoms. The van der Waals surface area contributed by atoms with Gasteiger partial charge in [0, 0.05) is 11.8 Å². The quantitative estimate of drug-likeness (QED) is 0.847. The summed E-state index contributed by atoms with van der Waals surface area (Å²) in [5.74, 6) is 3.33. The molecule has 3 rings (SSSR count). The normalized spacial score (nSPS) is 27.5. The lowest BCUT2D eigenvalue weighted by molar-refractivity contribution is 0.457. The molecule has 0 unspecified atom stereocenters. The molecule has 0 atom stereocenters. The Labute approximate surface area is 103 Å². The highest BCUT2D eigenvalue weighted by atomic mass is 15.2. The van der Waals surface area contributed by atoms with E-state index in [9.17, 15) is 0 Å². The smallest absolute Gasteiger partial charge is 0.153 e. The highest BCUT2D eigenvalue weighted by Gasteiger charge is 2.66. The number of H-pyrrole nitrogens is 1. The van der Waals surface area contributed by atoms with E-state index in [1.807, 2.05) is 0 Å². The van der Waals surface area contributed by atoms with Gasteiger partial charge in [0.15, 0.2) is 5.82 Å². The monoisotopic (exact) mass is 233 g/mol. The zero-order valence-electron chi connectivity index (χ0n) is 11.4. The van der Waals surface area contributed by atoms with Crippen LogP contribution in [0.2, 0.25) is 0 Å². The molecule has 1 aromatic rings. The first-order chi connectivity index (χ1) is 7.94. The summed E-state index contributed by atoms with van der Waals surface area (Å²) in [6.45, 7) is 9.32. The number of aromatic amines is 1. The van der Waals surface area contributed by atoms with Crippen molar-refractivity contribution in [1.29, 1.82) is 0 Å². The minimum Gasteiger partial charge on any atom is -0.263 e. The van der Waals surface area contributed by atoms with E-state index in [2.05, 4.69) is 37.9 Å². The molecule has 0 radical (unpaired) electrons. The lowest BCUT2D eigenvalue weighted by Crippen LogP contribution is -1.96. The van der Waals surface area contributed by atoms with Gasteiger partial charge >= 0.3 is 0 Å². The Morgan fingerprint density at radius 1 is 1.06 bits per heavy atom. The van der Waals surface area contributed by atoms with Crippen molar-refractivity contribution in [2.24, 2.45) is 10.8 Å². The molecule has 0 aliphatic heterocycles. The topological polar surface area (TPSA) is 41.6 Å². The van der Waals surface area contributed by atoms with Gasteiger partial charge < -0.3 is 0 Å². The van der Waals surface area contributed by atoms with E-state index in [1.165, 1.54) is 25.7 Å². The summed E-state index contributed by atoms with van der Waals surface area (Å²) in [5.41, 5.74) is 0.693. The van der Waals surface area contributed by atoms with Gasteiger partial charge in [-0.25, -0.2) is 4.98 Å². The molecule has 0 aromatic carbocycles. The van der Waals surface area contributed by atoms with E-state index in [-0.39, 0.29) is 0 Å². The first-order valence-electron chi connectivity index (χ1n) is 6.87. The SMILES string of the molecule is CC1(C)C(c2nc(C3CCCC3)n[nH]2)C1(C)C. The molecule has 0 bridgehead atoms. The zero-order valence-corrected chi connectivity index (χ0v) is 11.4. The fraction of sp³-hybridized carbons (Fsp3) is 0.857. The molecular formula is C14H23N3. The molecule has 94 valence electrons. The van der Waals surface area contributed by atoms with E-state index >= 15 is 0 Å². The van der Waals surface area contributed by atoms with Gasteiger partial charge in [0.1, 0.15) is 5.82 Å². The first-order valence-corrected chi connectivity index (χ1v) is 6.87. The number of hydrogen-bond donors (Lipinski definition) is 1. The van der Waals surface area contributed by atoms with Crippen LogP contribution in [0, 0.1) is 10.8 Å². The summed E-state index contributed by atoms with van der Waals surface area (Å²) in [7, 11) is 0. The Balaban J connectivity index is 1.82. The molecule has 2 aliphatic carbocycles. The molecule has 0 saturated heterocycles. The van der Waals surface area contributed by atoms with E-state index in [1.54, 1.807) is 0 Å². The molecule has 2 aliphatic rings. The standard InChI is InChI=1S/C14H23N3/c1-13(2)10(14(13,3)4)12-15-11(16-17-12)9-7-5-6-8-9/h9-10H,5-8H2,1-4H3,(H,15,16,17). The van der Waals surface area contributed by atoms with Gasteiger partial charge in [-0.2, -0.15) is 5.10 Å². The molecule has 2 fully saturated rings. The fourth-order valence-electron chi connectivity index (χ4n) is 3.66. The lowest BCUT2D eigenvalue weighted by atomic mass is 10.0. The summed E-state index contributed by atoms with van der Waals surface area (Å²) < 4.78 is 0. The second kappa shape index (κ2) is 3.33. The Morgan fingerprint density at radius 2 is 1.65 bits per heavy atom. The largest absolute Gasteiger partial charge is 0.263 e. The van der Waals surface area contributed by atoms with E-state index in [0.29, 0.717) is 22.7 Å². The number of nitrogens with one attached hydrogen (secondary N) is 1. The minimum absolute atomic E-state index is 0.347. The summed E-state index contributed by atoms with van der Waals surface area (Å²) in [6, 6.07) is 0. The van der Waals surface area contributed by atoms with Crippen LogP contribution >= 0.6 is 0 Å². The Hall–Kier alpha value is -0.860. The first kappa shape index (κ1) is 11.2. The van der Waals surface area contributed by atoms with Crippen LogP contribution in [-0.2, 0) is 0 Å². The van der Waals surface area contributed by atoms with Gasteiger partial charge in [-0.1, -0.05) is 40.5 Å². The van der Waals surface area contributed by atoms with E-state index in [4.69, 9.17) is 4.98 Å². The van der Waals surface area contributed by atoms with Crippen molar-refractivity contribution in [3.63, 3.8) is 0 Å². The maximum atomic E-state index is 4.78. The van der Waals surface area contributed by atoms with E-state index in [0.717, 1.165) is 11.6 Å². The van der Waals surface area contributed by atoms with Gasteiger partial charge in [0.2, 0.25) is 0 Å². The van der Waals surface area contributed by atoms with Crippen molar-refractivity contribution < 1.29 is 0 Å². The third-order valence-electron chi connectivity index (χ3n) is 5.53. The number of nitrogens with zero attached hydrogens (tertiary/aromatic N) is 2. The van der Waals surface area contributed by atoms with Crippen LogP contribution in [0.4, 0.5) is 0 Å². The van der Waals surface area contributed by atoms with Crippen LogP contribution in [0.5, 0.6) is 0 Å². The van der Waals surface area contributed by atoms with Crippen molar-refractivity contribution in [2.75, 3.05) is 0 Å². The predicted octanol–water partition coefficient (Wildman–Crippen LogP) is 3.61. The highest BCUT2D eigenvalue weighted by Crippen LogP contribution is 2.72. The predicted molar refractivity (Wildman–Crippen MR) is 67.9 cm³/mol. The molecule has 3 heteroatoms. The van der Waals surface area contributed by atoms with Crippen molar-refractivity contribution in [3.05, 3.63) is 11.6 Å². The molecule has 2 saturated carbocycles. The van der Waals surface area contributed by atoms with Crippen molar-refractivity contribution in [2.45, 2.75) is 65.2 Å². The highest BCUT2D eigenvalue weighted by molar-refractivity contribution is 5.26.